The SMILES string of the molecule is Cc1ccc2c(c1)Cc1cc(C(=O)Cn3ccnc3)ccc1-2. The lowest BCUT2D eigenvalue weighted by Crippen LogP contribution is -2.09. The molecule has 2 aromatic carbocycles. The third kappa shape index (κ3) is 2.15. The van der Waals surface area contributed by atoms with Gasteiger partial charge in [-0.3, -0.25) is 4.79 Å². The predicted molar refractivity (Wildman–Crippen MR) is 86.0 cm³/mol. The number of imidazole rings is 1. The van der Waals surface area contributed by atoms with Gasteiger partial charge in [-0.2, -0.15) is 0 Å². The normalized spacial score (nSPS) is 12.0. The Morgan fingerprint density at radius 1 is 1.14 bits per heavy atom. The predicted octanol–water partition coefficient (Wildman–Crippen LogP) is 3.65. The Bertz CT molecular complexity index is 863. The Balaban J connectivity index is 1.65. The summed E-state index contributed by atoms with van der Waals surface area (Å²) in [4.78, 5) is 16.4. The summed E-state index contributed by atoms with van der Waals surface area (Å²) in [5.41, 5.74) is 7.22. The second kappa shape index (κ2) is 4.95. The Labute approximate surface area is 129 Å². The van der Waals surface area contributed by atoms with Gasteiger partial charge in [0.15, 0.2) is 5.78 Å². The zero-order chi connectivity index (χ0) is 15.1. The molecule has 0 radical (unpaired) electrons. The Morgan fingerprint density at radius 3 is 2.68 bits per heavy atom. The molecular formula is C19H16N2O. The summed E-state index contributed by atoms with van der Waals surface area (Å²) in [6.45, 7) is 2.45. The quantitative estimate of drug-likeness (QED) is 0.539. The molecule has 0 atom stereocenters. The highest BCUT2D eigenvalue weighted by atomic mass is 16.1. The third-order valence-corrected chi connectivity index (χ3v) is 4.24. The maximum atomic E-state index is 12.4. The van der Waals surface area contributed by atoms with E-state index in [0.29, 0.717) is 6.54 Å². The highest BCUT2D eigenvalue weighted by molar-refractivity contribution is 5.97. The van der Waals surface area contributed by atoms with Crippen LogP contribution in [0.25, 0.3) is 11.1 Å². The highest BCUT2D eigenvalue weighted by Gasteiger charge is 2.19. The molecule has 0 saturated carbocycles. The first-order valence-electron chi connectivity index (χ1n) is 7.42. The van der Waals surface area contributed by atoms with Gasteiger partial charge >= 0.3 is 0 Å². The van der Waals surface area contributed by atoms with E-state index in [-0.39, 0.29) is 5.78 Å². The van der Waals surface area contributed by atoms with E-state index in [4.69, 9.17) is 0 Å². The zero-order valence-electron chi connectivity index (χ0n) is 12.4. The van der Waals surface area contributed by atoms with Crippen LogP contribution in [0, 0.1) is 6.92 Å². The van der Waals surface area contributed by atoms with Crippen LogP contribution in [0.2, 0.25) is 0 Å². The summed E-state index contributed by atoms with van der Waals surface area (Å²) in [5, 5.41) is 0. The summed E-state index contributed by atoms with van der Waals surface area (Å²) < 4.78 is 1.80. The number of rotatable bonds is 3. The molecule has 1 aliphatic rings. The molecule has 0 fully saturated rings. The molecule has 4 rings (SSSR count). The average Bonchev–Trinajstić information content (AvgIpc) is 3.12. The summed E-state index contributed by atoms with van der Waals surface area (Å²) in [5.74, 6) is 0.118. The Morgan fingerprint density at radius 2 is 1.91 bits per heavy atom. The minimum absolute atomic E-state index is 0.118. The van der Waals surface area contributed by atoms with E-state index < -0.39 is 0 Å². The molecule has 0 N–H and O–H groups in total. The number of ketones is 1. The standard InChI is InChI=1S/C19H16N2O/c1-13-2-4-17-15(8-13)10-16-9-14(3-5-18(16)17)19(22)11-21-7-6-20-12-21/h2-9,12H,10-11H2,1H3. The molecule has 0 bridgehead atoms. The van der Waals surface area contributed by atoms with Crippen LogP contribution >= 0.6 is 0 Å². The van der Waals surface area contributed by atoms with E-state index in [1.165, 1.54) is 27.8 Å². The van der Waals surface area contributed by atoms with Crippen molar-refractivity contribution in [3.8, 4) is 11.1 Å². The number of aromatic nitrogens is 2. The van der Waals surface area contributed by atoms with Gasteiger partial charge in [0.05, 0.1) is 12.9 Å². The number of hydrogen-bond donors (Lipinski definition) is 0. The molecule has 0 aliphatic heterocycles. The summed E-state index contributed by atoms with van der Waals surface area (Å²) in [6.07, 6.45) is 6.08. The minimum Gasteiger partial charge on any atom is -0.330 e. The second-order valence-electron chi connectivity index (χ2n) is 5.87. The second-order valence-corrected chi connectivity index (χ2v) is 5.87. The average molecular weight is 288 g/mol. The fourth-order valence-corrected chi connectivity index (χ4v) is 3.15. The first kappa shape index (κ1) is 13.0. The fraction of sp³-hybridized carbons (Fsp3) is 0.158. The van der Waals surface area contributed by atoms with Crippen LogP contribution in [0.15, 0.2) is 55.1 Å². The number of aryl methyl sites for hydroxylation is 1. The van der Waals surface area contributed by atoms with E-state index in [1.54, 1.807) is 17.1 Å². The van der Waals surface area contributed by atoms with Crippen LogP contribution in [0.4, 0.5) is 0 Å². The molecular weight excluding hydrogens is 272 g/mol. The van der Waals surface area contributed by atoms with E-state index >= 15 is 0 Å². The number of nitrogens with zero attached hydrogens (tertiary/aromatic N) is 2. The van der Waals surface area contributed by atoms with Crippen molar-refractivity contribution in [3.05, 3.63) is 77.4 Å². The molecule has 1 aliphatic carbocycles. The maximum absolute atomic E-state index is 12.4. The van der Waals surface area contributed by atoms with Crippen molar-refractivity contribution in [1.82, 2.24) is 9.55 Å². The molecule has 1 aromatic heterocycles. The molecule has 22 heavy (non-hydrogen) atoms. The Kier molecular flexibility index (Phi) is 2.93. The van der Waals surface area contributed by atoms with Gasteiger partial charge in [-0.25, -0.2) is 4.98 Å². The van der Waals surface area contributed by atoms with Gasteiger partial charge in [0.2, 0.25) is 0 Å². The molecule has 3 heteroatoms. The third-order valence-electron chi connectivity index (χ3n) is 4.24. The molecule has 3 aromatic rings. The number of carbonyl (C=O) groups excluding carboxylic acids is 1. The van der Waals surface area contributed by atoms with Gasteiger partial charge in [0.25, 0.3) is 0 Å². The van der Waals surface area contributed by atoms with Gasteiger partial charge in [-0.05, 0) is 41.7 Å². The van der Waals surface area contributed by atoms with Crippen molar-refractivity contribution in [2.24, 2.45) is 0 Å². The molecule has 0 saturated heterocycles. The molecule has 0 spiro atoms. The van der Waals surface area contributed by atoms with Gasteiger partial charge in [0.1, 0.15) is 0 Å². The van der Waals surface area contributed by atoms with Crippen LogP contribution in [0.5, 0.6) is 0 Å². The first-order valence-corrected chi connectivity index (χ1v) is 7.42. The van der Waals surface area contributed by atoms with E-state index in [9.17, 15) is 4.79 Å². The smallest absolute Gasteiger partial charge is 0.182 e. The van der Waals surface area contributed by atoms with Crippen molar-refractivity contribution in [2.45, 2.75) is 19.9 Å². The lowest BCUT2D eigenvalue weighted by Gasteiger charge is -2.05. The van der Waals surface area contributed by atoms with Crippen molar-refractivity contribution in [1.29, 1.82) is 0 Å². The topological polar surface area (TPSA) is 34.9 Å². The largest absolute Gasteiger partial charge is 0.330 e. The monoisotopic (exact) mass is 288 g/mol. The van der Waals surface area contributed by atoms with Crippen molar-refractivity contribution >= 4 is 5.78 Å². The van der Waals surface area contributed by atoms with Crippen molar-refractivity contribution < 1.29 is 4.79 Å². The summed E-state index contributed by atoms with van der Waals surface area (Å²) in [7, 11) is 0. The molecule has 0 amide bonds. The van der Waals surface area contributed by atoms with Crippen molar-refractivity contribution in [3.63, 3.8) is 0 Å². The van der Waals surface area contributed by atoms with Gasteiger partial charge in [0, 0.05) is 18.0 Å². The van der Waals surface area contributed by atoms with Crippen molar-refractivity contribution in [2.75, 3.05) is 0 Å². The van der Waals surface area contributed by atoms with E-state index in [0.717, 1.165) is 12.0 Å². The highest BCUT2D eigenvalue weighted by Crippen LogP contribution is 2.37. The summed E-state index contributed by atoms with van der Waals surface area (Å²) >= 11 is 0. The first-order chi connectivity index (χ1) is 10.7. The number of fused-ring (bicyclic) bond motifs is 3. The zero-order valence-corrected chi connectivity index (χ0v) is 12.4. The Hall–Kier alpha value is -2.68. The van der Waals surface area contributed by atoms with Gasteiger partial charge in [-0.15, -0.1) is 0 Å². The molecule has 3 nitrogen and oxygen atoms in total. The molecule has 0 unspecified atom stereocenters. The van der Waals surface area contributed by atoms with E-state index in [2.05, 4.69) is 36.2 Å². The number of carbonyl (C=O) groups is 1. The lowest BCUT2D eigenvalue weighted by molar-refractivity contribution is 0.0972. The van der Waals surface area contributed by atoms with Gasteiger partial charge in [-0.1, -0.05) is 35.9 Å². The minimum atomic E-state index is 0.118. The van der Waals surface area contributed by atoms with E-state index in [1.807, 2.05) is 18.3 Å². The molecule has 1 heterocycles. The van der Waals surface area contributed by atoms with Crippen LogP contribution in [-0.2, 0) is 13.0 Å². The fourth-order valence-electron chi connectivity index (χ4n) is 3.15. The molecule has 108 valence electrons. The van der Waals surface area contributed by atoms with Crippen LogP contribution in [0.3, 0.4) is 0 Å². The van der Waals surface area contributed by atoms with Crippen LogP contribution in [0.1, 0.15) is 27.0 Å². The maximum Gasteiger partial charge on any atom is 0.182 e. The number of Topliss-reactive ketones (excluding diaryl/α,β-unsaturated/α-hetero) is 1. The number of hydrogen-bond acceptors (Lipinski definition) is 2. The summed E-state index contributed by atoms with van der Waals surface area (Å²) in [6, 6.07) is 12.6. The van der Waals surface area contributed by atoms with Crippen LogP contribution < -0.4 is 0 Å². The lowest BCUT2D eigenvalue weighted by atomic mass is 10.0. The van der Waals surface area contributed by atoms with Crippen LogP contribution in [-0.4, -0.2) is 15.3 Å². The van der Waals surface area contributed by atoms with Gasteiger partial charge < -0.3 is 4.57 Å². The number of benzene rings is 2.